The maximum absolute atomic E-state index is 14.0. The van der Waals surface area contributed by atoms with Crippen LogP contribution in [0.5, 0.6) is 5.75 Å². The molecule has 0 aromatic heterocycles. The van der Waals surface area contributed by atoms with E-state index in [2.05, 4.69) is 5.32 Å². The minimum atomic E-state index is -0.790. The normalized spacial score (nSPS) is 11.5. The number of carbonyl (C=O) groups excluding carboxylic acids is 2. The molecule has 0 aliphatic rings. The molecule has 0 aliphatic heterocycles. The predicted molar refractivity (Wildman–Crippen MR) is 97.4 cm³/mol. The van der Waals surface area contributed by atoms with Crippen molar-refractivity contribution in [2.45, 2.75) is 19.5 Å². The van der Waals surface area contributed by atoms with Crippen LogP contribution in [0.15, 0.2) is 48.5 Å². The fraction of sp³-hybridized carbons (Fsp3) is 0.263. The molecule has 26 heavy (non-hydrogen) atoms. The van der Waals surface area contributed by atoms with Crippen LogP contribution in [0.2, 0.25) is 5.02 Å². The molecule has 0 saturated heterocycles. The van der Waals surface area contributed by atoms with Gasteiger partial charge in [-0.2, -0.15) is 0 Å². The van der Waals surface area contributed by atoms with Crippen LogP contribution in [0, 0.1) is 5.82 Å². The fourth-order valence-electron chi connectivity index (χ4n) is 2.39. The van der Waals surface area contributed by atoms with Gasteiger partial charge in [0.1, 0.15) is 17.6 Å². The maximum atomic E-state index is 14.0. The first-order valence-electron chi connectivity index (χ1n) is 8.05. The van der Waals surface area contributed by atoms with Gasteiger partial charge in [-0.05, 0) is 25.1 Å². The van der Waals surface area contributed by atoms with E-state index >= 15 is 0 Å². The summed E-state index contributed by atoms with van der Waals surface area (Å²) in [6.07, 6.45) is 0. The third-order valence-electron chi connectivity index (χ3n) is 3.90. The fourth-order valence-corrected chi connectivity index (χ4v) is 2.58. The first-order chi connectivity index (χ1) is 12.4. The highest BCUT2D eigenvalue weighted by Crippen LogP contribution is 2.23. The lowest BCUT2D eigenvalue weighted by Crippen LogP contribution is -2.48. The Bertz CT molecular complexity index is 785. The van der Waals surface area contributed by atoms with Crippen LogP contribution in [0.4, 0.5) is 4.39 Å². The van der Waals surface area contributed by atoms with Crippen molar-refractivity contribution < 1.29 is 18.7 Å². The average Bonchev–Trinajstić information content (AvgIpc) is 2.65. The van der Waals surface area contributed by atoms with Crippen molar-refractivity contribution in [3.05, 3.63) is 64.9 Å². The number of hydrogen-bond donors (Lipinski definition) is 1. The van der Waals surface area contributed by atoms with Gasteiger partial charge in [0.25, 0.3) is 5.91 Å². The van der Waals surface area contributed by atoms with Crippen LogP contribution >= 0.6 is 11.6 Å². The van der Waals surface area contributed by atoms with Gasteiger partial charge in [-0.15, -0.1) is 0 Å². The summed E-state index contributed by atoms with van der Waals surface area (Å²) in [5.74, 6) is -0.890. The zero-order valence-corrected chi connectivity index (χ0v) is 15.3. The van der Waals surface area contributed by atoms with E-state index in [-0.39, 0.29) is 19.1 Å². The van der Waals surface area contributed by atoms with Crippen LogP contribution in [0.3, 0.4) is 0 Å². The number of benzene rings is 2. The largest absolute Gasteiger partial charge is 0.482 e. The molecule has 0 aliphatic carbocycles. The highest BCUT2D eigenvalue weighted by molar-refractivity contribution is 6.32. The van der Waals surface area contributed by atoms with Crippen LogP contribution < -0.4 is 10.1 Å². The molecule has 1 atom stereocenters. The molecule has 2 aromatic carbocycles. The number of likely N-dealkylation sites (N-methyl/N-ethyl adjacent to an activating group) is 1. The number of nitrogens with one attached hydrogen (secondary N) is 1. The van der Waals surface area contributed by atoms with Crippen molar-refractivity contribution in [3.63, 3.8) is 0 Å². The number of carbonyl (C=O) groups is 2. The van der Waals surface area contributed by atoms with Gasteiger partial charge in [-0.1, -0.05) is 41.9 Å². The SMILES string of the molecule is CNC(=O)[C@H](C)N(Cc1ccccc1F)C(=O)COc1ccccc1Cl. The lowest BCUT2D eigenvalue weighted by molar-refractivity contribution is -0.142. The Balaban J connectivity index is 2.17. The second kappa shape index (κ2) is 9.20. The van der Waals surface area contributed by atoms with Crippen molar-refractivity contribution >= 4 is 23.4 Å². The summed E-state index contributed by atoms with van der Waals surface area (Å²) in [4.78, 5) is 25.9. The molecule has 2 rings (SSSR count). The Morgan fingerprint density at radius 1 is 1.19 bits per heavy atom. The lowest BCUT2D eigenvalue weighted by atomic mass is 10.1. The van der Waals surface area contributed by atoms with Crippen LogP contribution in [0.1, 0.15) is 12.5 Å². The number of ether oxygens (including phenoxy) is 1. The molecule has 7 heteroatoms. The number of halogens is 2. The summed E-state index contributed by atoms with van der Waals surface area (Å²) in [5, 5.41) is 2.87. The van der Waals surface area contributed by atoms with Gasteiger partial charge in [0.15, 0.2) is 6.61 Å². The van der Waals surface area contributed by atoms with Crippen molar-refractivity contribution in [1.82, 2.24) is 10.2 Å². The third-order valence-corrected chi connectivity index (χ3v) is 4.21. The van der Waals surface area contributed by atoms with Crippen molar-refractivity contribution in [2.24, 2.45) is 0 Å². The molecule has 0 heterocycles. The molecule has 138 valence electrons. The standard InChI is InChI=1S/C19H20ClFN2O3/c1-13(19(25)22-2)23(11-14-7-3-5-9-16(14)21)18(24)12-26-17-10-6-4-8-15(17)20/h3-10,13H,11-12H2,1-2H3,(H,22,25)/t13-/m0/s1. The summed E-state index contributed by atoms with van der Waals surface area (Å²) in [7, 11) is 1.48. The van der Waals surface area contributed by atoms with Gasteiger partial charge in [-0.3, -0.25) is 9.59 Å². The Labute approximate surface area is 156 Å². The predicted octanol–water partition coefficient (Wildman–Crippen LogP) is 3.02. The summed E-state index contributed by atoms with van der Waals surface area (Å²) in [6, 6.07) is 12.1. The summed E-state index contributed by atoms with van der Waals surface area (Å²) in [6.45, 7) is 1.21. The minimum Gasteiger partial charge on any atom is -0.482 e. The Hall–Kier alpha value is -2.60. The second-order valence-electron chi connectivity index (χ2n) is 5.62. The molecule has 1 N–H and O–H groups in total. The molecular formula is C19H20ClFN2O3. The minimum absolute atomic E-state index is 0.0496. The highest BCUT2D eigenvalue weighted by atomic mass is 35.5. The molecule has 0 unspecified atom stereocenters. The van der Waals surface area contributed by atoms with Gasteiger partial charge < -0.3 is 15.0 Å². The first kappa shape index (κ1) is 19.7. The third kappa shape index (κ3) is 4.95. The van der Waals surface area contributed by atoms with E-state index in [1.54, 1.807) is 49.4 Å². The van der Waals surface area contributed by atoms with Gasteiger partial charge in [-0.25, -0.2) is 4.39 Å². The number of hydrogen-bond acceptors (Lipinski definition) is 3. The Morgan fingerprint density at radius 2 is 1.85 bits per heavy atom. The van der Waals surface area contributed by atoms with Gasteiger partial charge in [0.05, 0.1) is 5.02 Å². The van der Waals surface area contributed by atoms with E-state index in [1.807, 2.05) is 0 Å². The smallest absolute Gasteiger partial charge is 0.261 e. The topological polar surface area (TPSA) is 58.6 Å². The van der Waals surface area contributed by atoms with Gasteiger partial charge >= 0.3 is 0 Å². The Morgan fingerprint density at radius 3 is 2.50 bits per heavy atom. The molecule has 2 aromatic rings. The van der Waals surface area contributed by atoms with Crippen LogP contribution in [-0.2, 0) is 16.1 Å². The van der Waals surface area contributed by atoms with Gasteiger partial charge in [0.2, 0.25) is 5.91 Å². The van der Waals surface area contributed by atoms with E-state index in [0.717, 1.165) is 0 Å². The molecule has 0 radical (unpaired) electrons. The van der Waals surface area contributed by atoms with Crippen molar-refractivity contribution in [3.8, 4) is 5.75 Å². The average molecular weight is 379 g/mol. The second-order valence-corrected chi connectivity index (χ2v) is 6.03. The van der Waals surface area contributed by atoms with Crippen LogP contribution in [-0.4, -0.2) is 36.4 Å². The molecule has 2 amide bonds. The monoisotopic (exact) mass is 378 g/mol. The van der Waals surface area contributed by atoms with Crippen molar-refractivity contribution in [2.75, 3.05) is 13.7 Å². The Kier molecular flexibility index (Phi) is 6.97. The number of rotatable bonds is 7. The molecular weight excluding hydrogens is 359 g/mol. The van der Waals surface area contributed by atoms with Gasteiger partial charge in [0, 0.05) is 19.2 Å². The van der Waals surface area contributed by atoms with E-state index in [4.69, 9.17) is 16.3 Å². The molecule has 0 spiro atoms. The molecule has 0 fully saturated rings. The lowest BCUT2D eigenvalue weighted by Gasteiger charge is -2.28. The van der Waals surface area contributed by atoms with E-state index < -0.39 is 17.8 Å². The number of para-hydroxylation sites is 1. The quantitative estimate of drug-likeness (QED) is 0.805. The maximum Gasteiger partial charge on any atom is 0.261 e. The molecule has 0 saturated carbocycles. The highest BCUT2D eigenvalue weighted by Gasteiger charge is 2.26. The van der Waals surface area contributed by atoms with E-state index in [9.17, 15) is 14.0 Å². The van der Waals surface area contributed by atoms with Crippen molar-refractivity contribution in [1.29, 1.82) is 0 Å². The first-order valence-corrected chi connectivity index (χ1v) is 8.43. The van der Waals surface area contributed by atoms with E-state index in [1.165, 1.54) is 18.0 Å². The zero-order chi connectivity index (χ0) is 19.1. The number of nitrogens with zero attached hydrogens (tertiary/aromatic N) is 1. The summed E-state index contributed by atoms with van der Waals surface area (Å²) < 4.78 is 19.4. The van der Waals surface area contributed by atoms with E-state index in [0.29, 0.717) is 16.3 Å². The number of amides is 2. The molecule has 5 nitrogen and oxygen atoms in total. The van der Waals surface area contributed by atoms with Crippen LogP contribution in [0.25, 0.3) is 0 Å². The molecule has 0 bridgehead atoms. The summed E-state index contributed by atoms with van der Waals surface area (Å²) >= 11 is 6.01. The summed E-state index contributed by atoms with van der Waals surface area (Å²) in [5.41, 5.74) is 0.314. The zero-order valence-electron chi connectivity index (χ0n) is 14.5.